The van der Waals surface area contributed by atoms with Gasteiger partial charge in [0.05, 0.1) is 12.6 Å². The summed E-state index contributed by atoms with van der Waals surface area (Å²) in [6.07, 6.45) is 3.66. The Morgan fingerprint density at radius 3 is 2.70 bits per heavy atom. The third-order valence-corrected chi connectivity index (χ3v) is 5.22. The van der Waals surface area contributed by atoms with E-state index in [9.17, 15) is 9.59 Å². The van der Waals surface area contributed by atoms with Crippen LogP contribution in [-0.4, -0.2) is 42.1 Å². The van der Waals surface area contributed by atoms with Crippen LogP contribution in [-0.2, 0) is 4.74 Å². The number of hydrogen-bond donors (Lipinski definition) is 1. The van der Waals surface area contributed by atoms with Gasteiger partial charge >= 0.3 is 0 Å². The van der Waals surface area contributed by atoms with E-state index in [-0.39, 0.29) is 17.4 Å². The normalized spacial score (nSPS) is 16.8. The van der Waals surface area contributed by atoms with Crippen molar-refractivity contribution < 1.29 is 9.53 Å². The first-order valence-electron chi connectivity index (χ1n) is 9.19. The topological polar surface area (TPSA) is 62.4 Å². The zero-order valence-corrected chi connectivity index (χ0v) is 15.3. The van der Waals surface area contributed by atoms with Crippen LogP contribution in [0.15, 0.2) is 59.5 Å². The highest BCUT2D eigenvalue weighted by atomic mass is 16.5. The molecule has 1 aromatic heterocycles. The van der Waals surface area contributed by atoms with Crippen molar-refractivity contribution in [2.75, 3.05) is 20.3 Å². The van der Waals surface area contributed by atoms with Gasteiger partial charge in [0.25, 0.3) is 5.91 Å². The molecule has 5 nitrogen and oxygen atoms in total. The molecule has 2 heterocycles. The zero-order chi connectivity index (χ0) is 18.8. The number of likely N-dealkylation sites (tertiary alicyclic amines) is 1. The van der Waals surface area contributed by atoms with E-state index in [1.807, 2.05) is 47.4 Å². The maximum Gasteiger partial charge on any atom is 0.254 e. The smallest absolute Gasteiger partial charge is 0.254 e. The van der Waals surface area contributed by atoms with E-state index in [1.165, 1.54) is 6.07 Å². The molecular formula is C22H22N2O3. The molecule has 0 radical (unpaired) electrons. The lowest BCUT2D eigenvalue weighted by molar-refractivity contribution is 0.0630. The van der Waals surface area contributed by atoms with Gasteiger partial charge in [-0.25, -0.2) is 0 Å². The van der Waals surface area contributed by atoms with Gasteiger partial charge in [-0.3, -0.25) is 9.59 Å². The highest BCUT2D eigenvalue weighted by molar-refractivity contribution is 5.95. The number of ether oxygens (including phenoxy) is 1. The van der Waals surface area contributed by atoms with Crippen LogP contribution in [0.5, 0.6) is 0 Å². The van der Waals surface area contributed by atoms with Crippen LogP contribution in [0.4, 0.5) is 0 Å². The maximum atomic E-state index is 12.8. The van der Waals surface area contributed by atoms with Gasteiger partial charge in [-0.2, -0.15) is 0 Å². The molecule has 0 spiro atoms. The molecule has 5 heteroatoms. The molecule has 1 fully saturated rings. The minimum Gasteiger partial charge on any atom is -0.383 e. The summed E-state index contributed by atoms with van der Waals surface area (Å²) in [4.78, 5) is 29.9. The molecule has 1 atom stereocenters. The van der Waals surface area contributed by atoms with Crippen LogP contribution in [0.3, 0.4) is 0 Å². The Kier molecular flexibility index (Phi) is 4.77. The average molecular weight is 362 g/mol. The predicted octanol–water partition coefficient (Wildman–Crippen LogP) is 3.45. The number of pyridine rings is 1. The van der Waals surface area contributed by atoms with Gasteiger partial charge in [0.1, 0.15) is 0 Å². The summed E-state index contributed by atoms with van der Waals surface area (Å²) in [6.45, 7) is 1.36. The second kappa shape index (κ2) is 7.37. The molecular weight excluding hydrogens is 340 g/mol. The predicted molar refractivity (Wildman–Crippen MR) is 106 cm³/mol. The van der Waals surface area contributed by atoms with Gasteiger partial charge in [-0.1, -0.05) is 18.2 Å². The van der Waals surface area contributed by atoms with E-state index in [0.717, 1.165) is 36.0 Å². The number of benzene rings is 2. The first-order chi connectivity index (χ1) is 13.2. The maximum absolute atomic E-state index is 12.8. The third kappa shape index (κ3) is 3.38. The molecule has 4 rings (SSSR count). The van der Waals surface area contributed by atoms with Crippen molar-refractivity contribution in [3.05, 3.63) is 70.5 Å². The number of methoxy groups -OCH3 is 1. The fourth-order valence-corrected chi connectivity index (χ4v) is 3.79. The second-order valence-corrected chi connectivity index (χ2v) is 6.93. The lowest BCUT2D eigenvalue weighted by Crippen LogP contribution is -2.38. The number of aromatic nitrogens is 1. The number of carbonyl (C=O) groups is 1. The lowest BCUT2D eigenvalue weighted by atomic mass is 10.0. The first-order valence-corrected chi connectivity index (χ1v) is 9.19. The highest BCUT2D eigenvalue weighted by Crippen LogP contribution is 2.25. The van der Waals surface area contributed by atoms with Crippen LogP contribution < -0.4 is 5.43 Å². The van der Waals surface area contributed by atoms with Gasteiger partial charge in [0.2, 0.25) is 0 Å². The number of H-pyrrole nitrogens is 1. The monoisotopic (exact) mass is 362 g/mol. The van der Waals surface area contributed by atoms with Crippen LogP contribution in [0.2, 0.25) is 0 Å². The number of fused-ring (bicyclic) bond motifs is 1. The summed E-state index contributed by atoms with van der Waals surface area (Å²) in [6, 6.07) is 15.1. The second-order valence-electron chi connectivity index (χ2n) is 6.93. The molecule has 27 heavy (non-hydrogen) atoms. The summed E-state index contributed by atoms with van der Waals surface area (Å²) in [5.74, 6) is 0.0519. The van der Waals surface area contributed by atoms with E-state index < -0.39 is 0 Å². The first kappa shape index (κ1) is 17.5. The minimum absolute atomic E-state index is 0.00406. The van der Waals surface area contributed by atoms with Gasteiger partial charge in [0, 0.05) is 42.4 Å². The number of amides is 1. The molecule has 1 N–H and O–H groups in total. The fraction of sp³-hybridized carbons (Fsp3) is 0.273. The Morgan fingerprint density at radius 2 is 1.93 bits per heavy atom. The molecule has 0 bridgehead atoms. The standard InChI is InChI=1S/C22H22N2O3/c1-27-14-18-3-2-12-24(18)22(26)16-6-4-15(5-7-16)17-8-9-20-19(13-17)21(25)10-11-23-20/h4-11,13,18H,2-3,12,14H2,1H3,(H,23,25). The molecule has 138 valence electrons. The van der Waals surface area contributed by atoms with Crippen molar-refractivity contribution in [3.63, 3.8) is 0 Å². The van der Waals surface area contributed by atoms with Crippen LogP contribution >= 0.6 is 0 Å². The summed E-state index contributed by atoms with van der Waals surface area (Å²) in [5.41, 5.74) is 3.43. The number of nitrogens with one attached hydrogen (secondary N) is 1. The molecule has 1 unspecified atom stereocenters. The molecule has 0 saturated carbocycles. The van der Waals surface area contributed by atoms with E-state index in [4.69, 9.17) is 4.74 Å². The van der Waals surface area contributed by atoms with Crippen molar-refractivity contribution >= 4 is 16.8 Å². The van der Waals surface area contributed by atoms with E-state index in [1.54, 1.807) is 13.3 Å². The van der Waals surface area contributed by atoms with E-state index in [0.29, 0.717) is 17.6 Å². The fourth-order valence-electron chi connectivity index (χ4n) is 3.79. The van der Waals surface area contributed by atoms with Gasteiger partial charge in [-0.05, 0) is 48.2 Å². The van der Waals surface area contributed by atoms with Crippen molar-refractivity contribution in [2.45, 2.75) is 18.9 Å². The van der Waals surface area contributed by atoms with Crippen molar-refractivity contribution in [1.82, 2.24) is 9.88 Å². The van der Waals surface area contributed by atoms with Crippen LogP contribution in [0, 0.1) is 0 Å². The third-order valence-electron chi connectivity index (χ3n) is 5.22. The molecule has 1 aliphatic rings. The Labute approximate surface area is 157 Å². The Balaban J connectivity index is 1.60. The number of rotatable bonds is 4. The quantitative estimate of drug-likeness (QED) is 0.773. The van der Waals surface area contributed by atoms with Gasteiger partial charge < -0.3 is 14.6 Å². The van der Waals surface area contributed by atoms with Crippen molar-refractivity contribution in [1.29, 1.82) is 0 Å². The molecule has 1 aliphatic heterocycles. The largest absolute Gasteiger partial charge is 0.383 e. The average Bonchev–Trinajstić information content (AvgIpc) is 3.16. The van der Waals surface area contributed by atoms with E-state index in [2.05, 4.69) is 4.98 Å². The lowest BCUT2D eigenvalue weighted by Gasteiger charge is -2.24. The Bertz CT molecular complexity index is 1020. The zero-order valence-electron chi connectivity index (χ0n) is 15.3. The molecule has 1 amide bonds. The van der Waals surface area contributed by atoms with Crippen LogP contribution in [0.1, 0.15) is 23.2 Å². The number of hydrogen-bond acceptors (Lipinski definition) is 3. The van der Waals surface area contributed by atoms with Crippen molar-refractivity contribution in [2.24, 2.45) is 0 Å². The summed E-state index contributed by atoms with van der Waals surface area (Å²) in [5, 5.41) is 0.662. The van der Waals surface area contributed by atoms with Crippen molar-refractivity contribution in [3.8, 4) is 11.1 Å². The number of nitrogens with zero attached hydrogens (tertiary/aromatic N) is 1. The minimum atomic E-state index is -0.00406. The summed E-state index contributed by atoms with van der Waals surface area (Å²) >= 11 is 0. The Hall–Kier alpha value is -2.92. The van der Waals surface area contributed by atoms with E-state index >= 15 is 0 Å². The highest BCUT2D eigenvalue weighted by Gasteiger charge is 2.29. The summed E-state index contributed by atoms with van der Waals surface area (Å²) in [7, 11) is 1.67. The molecule has 3 aromatic rings. The summed E-state index contributed by atoms with van der Waals surface area (Å²) < 4.78 is 5.24. The Morgan fingerprint density at radius 1 is 1.15 bits per heavy atom. The molecule has 2 aromatic carbocycles. The van der Waals surface area contributed by atoms with Crippen LogP contribution in [0.25, 0.3) is 22.0 Å². The number of carbonyl (C=O) groups excluding carboxylic acids is 1. The molecule has 1 saturated heterocycles. The SMILES string of the molecule is COCC1CCCN1C(=O)c1ccc(-c2ccc3[nH]ccc(=O)c3c2)cc1. The molecule has 0 aliphatic carbocycles. The van der Waals surface area contributed by atoms with Gasteiger partial charge in [-0.15, -0.1) is 0 Å². The van der Waals surface area contributed by atoms with Gasteiger partial charge in [0.15, 0.2) is 5.43 Å². The number of aromatic amines is 1.